The number of carbonyl (C=O) groups is 2. The Balaban J connectivity index is 1.90. The molecule has 21 heavy (non-hydrogen) atoms. The van der Waals surface area contributed by atoms with Gasteiger partial charge in [0, 0.05) is 23.8 Å². The molecule has 1 fully saturated rings. The first-order valence-electron chi connectivity index (χ1n) is 6.90. The molecule has 1 aliphatic rings. The van der Waals surface area contributed by atoms with E-state index in [1.165, 1.54) is 4.90 Å². The van der Waals surface area contributed by atoms with Crippen LogP contribution in [0.3, 0.4) is 0 Å². The van der Waals surface area contributed by atoms with Gasteiger partial charge in [-0.2, -0.15) is 0 Å². The minimum atomic E-state index is -0.391. The van der Waals surface area contributed by atoms with Crippen molar-refractivity contribution in [1.82, 2.24) is 4.90 Å². The fourth-order valence-electron chi connectivity index (χ4n) is 2.27. The molecule has 0 unspecified atom stereocenters. The lowest BCUT2D eigenvalue weighted by Crippen LogP contribution is -2.40. The van der Waals surface area contributed by atoms with Gasteiger partial charge < -0.3 is 15.0 Å². The molecular formula is C15H19BrN2O3. The normalized spacial score (nSPS) is 17.6. The van der Waals surface area contributed by atoms with Gasteiger partial charge >= 0.3 is 0 Å². The average molecular weight is 355 g/mol. The molecule has 1 saturated heterocycles. The van der Waals surface area contributed by atoms with Gasteiger partial charge in [-0.25, -0.2) is 0 Å². The number of carbonyl (C=O) groups excluding carboxylic acids is 2. The highest BCUT2D eigenvalue weighted by molar-refractivity contribution is 9.10. The third kappa shape index (κ3) is 4.28. The largest absolute Gasteiger partial charge is 0.368 e. The van der Waals surface area contributed by atoms with Crippen molar-refractivity contribution in [3.8, 4) is 0 Å². The fraction of sp³-hybridized carbons (Fsp3) is 0.467. The van der Waals surface area contributed by atoms with Crippen LogP contribution in [-0.4, -0.2) is 43.0 Å². The van der Waals surface area contributed by atoms with Crippen LogP contribution >= 0.6 is 15.9 Å². The summed E-state index contributed by atoms with van der Waals surface area (Å²) in [6.45, 7) is 2.56. The summed E-state index contributed by atoms with van der Waals surface area (Å²) in [7, 11) is 1.62. The molecular weight excluding hydrogens is 336 g/mol. The van der Waals surface area contributed by atoms with E-state index in [4.69, 9.17) is 4.74 Å². The lowest BCUT2D eigenvalue weighted by atomic mass is 10.2. The van der Waals surface area contributed by atoms with E-state index in [2.05, 4.69) is 21.2 Å². The first kappa shape index (κ1) is 16.0. The van der Waals surface area contributed by atoms with E-state index in [1.807, 2.05) is 25.1 Å². The Morgan fingerprint density at radius 1 is 1.48 bits per heavy atom. The highest BCUT2D eigenvalue weighted by atomic mass is 79.9. The quantitative estimate of drug-likeness (QED) is 0.902. The van der Waals surface area contributed by atoms with Crippen LogP contribution in [-0.2, 0) is 14.3 Å². The molecule has 1 aliphatic heterocycles. The van der Waals surface area contributed by atoms with Gasteiger partial charge in [0.15, 0.2) is 0 Å². The van der Waals surface area contributed by atoms with Crippen molar-refractivity contribution < 1.29 is 14.3 Å². The number of benzene rings is 1. The Kier molecular flexibility index (Phi) is 5.36. The third-order valence-corrected chi connectivity index (χ3v) is 3.92. The van der Waals surface area contributed by atoms with E-state index in [0.717, 1.165) is 28.6 Å². The van der Waals surface area contributed by atoms with Crippen LogP contribution in [0.15, 0.2) is 22.7 Å². The van der Waals surface area contributed by atoms with E-state index < -0.39 is 6.10 Å². The molecule has 0 bridgehead atoms. The maximum atomic E-state index is 12.1. The Morgan fingerprint density at radius 3 is 2.86 bits per heavy atom. The molecule has 1 aromatic rings. The van der Waals surface area contributed by atoms with Crippen molar-refractivity contribution in [3.63, 3.8) is 0 Å². The molecule has 2 rings (SSSR count). The summed E-state index contributed by atoms with van der Waals surface area (Å²) in [5.41, 5.74) is 1.71. The lowest BCUT2D eigenvalue weighted by Gasteiger charge is -2.20. The zero-order valence-electron chi connectivity index (χ0n) is 12.2. The van der Waals surface area contributed by atoms with Gasteiger partial charge in [0.1, 0.15) is 6.10 Å². The van der Waals surface area contributed by atoms with Gasteiger partial charge in [-0.3, -0.25) is 9.59 Å². The average Bonchev–Trinajstić information content (AvgIpc) is 2.95. The maximum Gasteiger partial charge on any atom is 0.251 e. The molecule has 0 radical (unpaired) electrons. The molecule has 0 aromatic heterocycles. The van der Waals surface area contributed by atoms with Crippen LogP contribution < -0.4 is 5.32 Å². The fourth-order valence-corrected chi connectivity index (χ4v) is 2.74. The number of rotatable bonds is 4. The number of nitrogens with zero attached hydrogens (tertiary/aromatic N) is 1. The Labute approximate surface area is 132 Å². The highest BCUT2D eigenvalue weighted by Crippen LogP contribution is 2.20. The second kappa shape index (κ2) is 7.04. The van der Waals surface area contributed by atoms with E-state index in [9.17, 15) is 9.59 Å². The molecule has 5 nitrogen and oxygen atoms in total. The Hall–Kier alpha value is -1.40. The van der Waals surface area contributed by atoms with E-state index in [1.54, 1.807) is 7.05 Å². The van der Waals surface area contributed by atoms with E-state index in [0.29, 0.717) is 6.61 Å². The van der Waals surface area contributed by atoms with Crippen molar-refractivity contribution in [2.75, 3.05) is 25.5 Å². The van der Waals surface area contributed by atoms with Crippen molar-refractivity contribution >= 4 is 33.4 Å². The van der Waals surface area contributed by atoms with Crippen molar-refractivity contribution in [3.05, 3.63) is 28.2 Å². The van der Waals surface area contributed by atoms with Crippen LogP contribution in [0.5, 0.6) is 0 Å². The first-order valence-corrected chi connectivity index (χ1v) is 7.69. The second-order valence-electron chi connectivity index (χ2n) is 5.20. The van der Waals surface area contributed by atoms with Crippen molar-refractivity contribution in [1.29, 1.82) is 0 Å². The van der Waals surface area contributed by atoms with Crippen LogP contribution in [0.25, 0.3) is 0 Å². The first-order chi connectivity index (χ1) is 9.97. The number of hydrogen-bond acceptors (Lipinski definition) is 3. The monoisotopic (exact) mass is 354 g/mol. The van der Waals surface area contributed by atoms with Crippen molar-refractivity contribution in [2.24, 2.45) is 0 Å². The zero-order chi connectivity index (χ0) is 15.4. The second-order valence-corrected chi connectivity index (χ2v) is 6.12. The predicted octanol–water partition coefficient (Wildman–Crippen LogP) is 2.33. The molecule has 0 saturated carbocycles. The molecule has 1 N–H and O–H groups in total. The van der Waals surface area contributed by atoms with Gasteiger partial charge in [-0.1, -0.05) is 15.9 Å². The summed E-state index contributed by atoms with van der Waals surface area (Å²) in [6, 6.07) is 5.62. The Morgan fingerprint density at radius 2 is 2.24 bits per heavy atom. The van der Waals surface area contributed by atoms with E-state index >= 15 is 0 Å². The number of ether oxygens (including phenoxy) is 1. The number of nitrogens with one attached hydrogen (secondary N) is 1. The summed E-state index contributed by atoms with van der Waals surface area (Å²) in [6.07, 6.45) is 1.24. The zero-order valence-corrected chi connectivity index (χ0v) is 13.8. The molecule has 1 aromatic carbocycles. The van der Waals surface area contributed by atoms with Gasteiger partial charge in [0.2, 0.25) is 5.91 Å². The molecule has 6 heteroatoms. The number of hydrogen-bond donors (Lipinski definition) is 1. The number of likely N-dealkylation sites (N-methyl/N-ethyl adjacent to an activating group) is 1. The number of aryl methyl sites for hydroxylation is 1. The predicted molar refractivity (Wildman–Crippen MR) is 84.1 cm³/mol. The van der Waals surface area contributed by atoms with Gasteiger partial charge in [0.25, 0.3) is 5.91 Å². The molecule has 1 atom stereocenters. The van der Waals surface area contributed by atoms with Gasteiger partial charge in [0.05, 0.1) is 6.54 Å². The van der Waals surface area contributed by atoms with Crippen LogP contribution in [0.2, 0.25) is 0 Å². The number of anilines is 1. The number of halogens is 1. The van der Waals surface area contributed by atoms with Crippen molar-refractivity contribution in [2.45, 2.75) is 25.9 Å². The maximum absolute atomic E-state index is 12.1. The molecule has 114 valence electrons. The molecule has 2 amide bonds. The minimum absolute atomic E-state index is 0.0220. The summed E-state index contributed by atoms with van der Waals surface area (Å²) in [4.78, 5) is 25.5. The summed E-state index contributed by atoms with van der Waals surface area (Å²) in [5.74, 6) is -0.343. The molecule has 0 spiro atoms. The highest BCUT2D eigenvalue weighted by Gasteiger charge is 2.27. The summed E-state index contributed by atoms with van der Waals surface area (Å²) < 4.78 is 6.30. The molecule has 0 aliphatic carbocycles. The van der Waals surface area contributed by atoms with Crippen LogP contribution in [0.1, 0.15) is 18.4 Å². The number of amides is 2. The van der Waals surface area contributed by atoms with Gasteiger partial charge in [-0.05, 0) is 43.5 Å². The smallest absolute Gasteiger partial charge is 0.251 e. The third-order valence-electron chi connectivity index (χ3n) is 3.42. The van der Waals surface area contributed by atoms with Gasteiger partial charge in [-0.15, -0.1) is 0 Å². The van der Waals surface area contributed by atoms with E-state index in [-0.39, 0.29) is 18.4 Å². The Bertz CT molecular complexity index is 542. The van der Waals surface area contributed by atoms with Crippen LogP contribution in [0.4, 0.5) is 5.69 Å². The topological polar surface area (TPSA) is 58.6 Å². The molecule has 1 heterocycles. The lowest BCUT2D eigenvalue weighted by molar-refractivity contribution is -0.141. The van der Waals surface area contributed by atoms with Crippen LogP contribution in [0, 0.1) is 6.92 Å². The standard InChI is InChI=1S/C15H19BrN2O3/c1-10-8-11(16)5-6-12(10)17-14(19)9-18(2)15(20)13-4-3-7-21-13/h5-6,8,13H,3-4,7,9H2,1-2H3,(H,17,19)/t13-/m1/s1. The SMILES string of the molecule is Cc1cc(Br)ccc1NC(=O)CN(C)C(=O)[C@H]1CCCO1. The summed E-state index contributed by atoms with van der Waals surface area (Å²) >= 11 is 3.38. The minimum Gasteiger partial charge on any atom is -0.368 e. The summed E-state index contributed by atoms with van der Waals surface area (Å²) in [5, 5.41) is 2.82.